The molecule has 2 heterocycles. The molecule has 1 aliphatic heterocycles. The molecule has 1 atom stereocenters. The summed E-state index contributed by atoms with van der Waals surface area (Å²) in [6.45, 7) is 6.77. The molecule has 1 amide bonds. The van der Waals surface area contributed by atoms with E-state index in [0.717, 1.165) is 22.9 Å². The van der Waals surface area contributed by atoms with Crippen LogP contribution in [0.4, 0.5) is 5.82 Å². The highest BCUT2D eigenvalue weighted by Gasteiger charge is 2.27. The van der Waals surface area contributed by atoms with Crippen molar-refractivity contribution in [3.8, 4) is 34.3 Å². The van der Waals surface area contributed by atoms with Gasteiger partial charge in [-0.1, -0.05) is 6.07 Å². The highest BCUT2D eigenvalue weighted by molar-refractivity contribution is 5.81. The van der Waals surface area contributed by atoms with Gasteiger partial charge in [-0.05, 0) is 56.3 Å². The first-order valence-corrected chi connectivity index (χ1v) is 12.0. The number of rotatable bonds is 9. The molecule has 36 heavy (non-hydrogen) atoms. The van der Waals surface area contributed by atoms with E-state index in [9.17, 15) is 4.79 Å². The number of carbonyl (C=O) groups is 1. The average Bonchev–Trinajstić information content (AvgIpc) is 2.93. The van der Waals surface area contributed by atoms with Crippen molar-refractivity contribution in [1.82, 2.24) is 15.1 Å². The first kappa shape index (κ1) is 25.1. The molecule has 9 heteroatoms. The molecule has 0 saturated carbocycles. The van der Waals surface area contributed by atoms with Crippen LogP contribution in [0.3, 0.4) is 0 Å². The number of nitrogens with zero attached hydrogens (tertiary/aromatic N) is 4. The maximum absolute atomic E-state index is 13.0. The minimum atomic E-state index is -0.592. The van der Waals surface area contributed by atoms with Crippen LogP contribution >= 0.6 is 0 Å². The van der Waals surface area contributed by atoms with E-state index in [1.54, 1.807) is 27.2 Å². The topological polar surface area (TPSA) is 86.3 Å². The van der Waals surface area contributed by atoms with Gasteiger partial charge in [-0.15, -0.1) is 10.2 Å². The summed E-state index contributed by atoms with van der Waals surface area (Å²) in [5.41, 5.74) is 1.51. The average molecular weight is 493 g/mol. The van der Waals surface area contributed by atoms with E-state index in [4.69, 9.17) is 18.9 Å². The van der Waals surface area contributed by atoms with Crippen molar-refractivity contribution >= 4 is 11.7 Å². The van der Waals surface area contributed by atoms with Gasteiger partial charge in [-0.25, -0.2) is 0 Å². The van der Waals surface area contributed by atoms with Crippen LogP contribution in [0.1, 0.15) is 13.8 Å². The lowest BCUT2D eigenvalue weighted by Gasteiger charge is -2.36. The number of piperazine rings is 1. The van der Waals surface area contributed by atoms with Gasteiger partial charge >= 0.3 is 0 Å². The van der Waals surface area contributed by atoms with Crippen molar-refractivity contribution in [3.63, 3.8) is 0 Å². The highest BCUT2D eigenvalue weighted by Crippen LogP contribution is 2.32. The number of hydrogen-bond donors (Lipinski definition) is 0. The predicted molar refractivity (Wildman–Crippen MR) is 137 cm³/mol. The monoisotopic (exact) mass is 492 g/mol. The van der Waals surface area contributed by atoms with E-state index in [1.807, 2.05) is 60.4 Å². The lowest BCUT2D eigenvalue weighted by atomic mass is 10.1. The molecule has 190 valence electrons. The first-order valence-electron chi connectivity index (χ1n) is 12.0. The van der Waals surface area contributed by atoms with Crippen LogP contribution in [0.25, 0.3) is 11.3 Å². The van der Waals surface area contributed by atoms with E-state index in [0.29, 0.717) is 50.0 Å². The molecular weight excluding hydrogens is 460 g/mol. The molecule has 0 bridgehead atoms. The van der Waals surface area contributed by atoms with Crippen LogP contribution in [0.5, 0.6) is 23.0 Å². The van der Waals surface area contributed by atoms with E-state index >= 15 is 0 Å². The Kier molecular flexibility index (Phi) is 8.10. The second kappa shape index (κ2) is 11.6. The fourth-order valence-electron chi connectivity index (χ4n) is 4.12. The Morgan fingerprint density at radius 2 is 1.69 bits per heavy atom. The standard InChI is InChI=1S/C27H32N4O5/c1-5-35-21-7-6-8-22(17-21)36-19(2)27(32)31-15-13-30(14-16-31)26-12-10-24(28-29-26)23-18-20(33-3)9-11-25(23)34-4/h6-12,17-19H,5,13-16H2,1-4H3. The highest BCUT2D eigenvalue weighted by atomic mass is 16.5. The number of carbonyl (C=O) groups excluding carboxylic acids is 1. The normalized spacial score (nSPS) is 14.2. The lowest BCUT2D eigenvalue weighted by Crippen LogP contribution is -2.52. The Morgan fingerprint density at radius 1 is 0.917 bits per heavy atom. The third-order valence-electron chi connectivity index (χ3n) is 6.03. The van der Waals surface area contributed by atoms with E-state index < -0.39 is 6.10 Å². The van der Waals surface area contributed by atoms with Crippen LogP contribution < -0.4 is 23.8 Å². The zero-order valence-electron chi connectivity index (χ0n) is 21.1. The SMILES string of the molecule is CCOc1cccc(OC(C)C(=O)N2CCN(c3ccc(-c4cc(OC)ccc4OC)nn3)CC2)c1. The Hall–Kier alpha value is -4.01. The summed E-state index contributed by atoms with van der Waals surface area (Å²) >= 11 is 0. The third-order valence-corrected chi connectivity index (χ3v) is 6.03. The quantitative estimate of drug-likeness (QED) is 0.447. The molecule has 9 nitrogen and oxygen atoms in total. The number of ether oxygens (including phenoxy) is 4. The number of aromatic nitrogens is 2. The van der Waals surface area contributed by atoms with Crippen LogP contribution in [-0.2, 0) is 4.79 Å². The van der Waals surface area contributed by atoms with Crippen molar-refractivity contribution in [2.75, 3.05) is 51.9 Å². The van der Waals surface area contributed by atoms with Crippen LogP contribution in [0.15, 0.2) is 54.6 Å². The summed E-state index contributed by atoms with van der Waals surface area (Å²) in [4.78, 5) is 16.9. The molecule has 1 aliphatic rings. The van der Waals surface area contributed by atoms with Gasteiger partial charge in [0.1, 0.15) is 23.0 Å². The number of hydrogen-bond acceptors (Lipinski definition) is 8. The van der Waals surface area contributed by atoms with Crippen molar-refractivity contribution in [3.05, 3.63) is 54.6 Å². The van der Waals surface area contributed by atoms with E-state index in [2.05, 4.69) is 15.1 Å². The number of benzene rings is 2. The van der Waals surface area contributed by atoms with Gasteiger partial charge in [0.15, 0.2) is 11.9 Å². The van der Waals surface area contributed by atoms with Gasteiger partial charge in [-0.2, -0.15) is 0 Å². The van der Waals surface area contributed by atoms with Crippen molar-refractivity contribution < 1.29 is 23.7 Å². The van der Waals surface area contributed by atoms with Crippen molar-refractivity contribution in [2.45, 2.75) is 20.0 Å². The van der Waals surface area contributed by atoms with E-state index in [-0.39, 0.29) is 5.91 Å². The molecule has 1 fully saturated rings. The van der Waals surface area contributed by atoms with Crippen molar-refractivity contribution in [1.29, 1.82) is 0 Å². The minimum absolute atomic E-state index is 0.0389. The van der Waals surface area contributed by atoms with Gasteiger partial charge in [-0.3, -0.25) is 4.79 Å². The summed E-state index contributed by atoms with van der Waals surface area (Å²) in [5, 5.41) is 8.85. The summed E-state index contributed by atoms with van der Waals surface area (Å²) < 4.78 is 22.2. The maximum atomic E-state index is 13.0. The Labute approximate surface area is 211 Å². The molecule has 0 aliphatic carbocycles. The second-order valence-electron chi connectivity index (χ2n) is 8.32. The zero-order chi connectivity index (χ0) is 25.5. The smallest absolute Gasteiger partial charge is 0.263 e. The Morgan fingerprint density at radius 3 is 2.36 bits per heavy atom. The van der Waals surface area contributed by atoms with Gasteiger partial charge in [0.2, 0.25) is 0 Å². The fraction of sp³-hybridized carbons (Fsp3) is 0.370. The van der Waals surface area contributed by atoms with Crippen LogP contribution in [0.2, 0.25) is 0 Å². The van der Waals surface area contributed by atoms with Gasteiger partial charge in [0.25, 0.3) is 5.91 Å². The Balaban J connectivity index is 1.35. The molecular formula is C27H32N4O5. The summed E-state index contributed by atoms with van der Waals surface area (Å²) in [7, 11) is 3.25. The molecule has 1 aromatic heterocycles. The number of amides is 1. The second-order valence-corrected chi connectivity index (χ2v) is 8.32. The molecule has 1 unspecified atom stereocenters. The zero-order valence-corrected chi connectivity index (χ0v) is 21.1. The van der Waals surface area contributed by atoms with Crippen LogP contribution in [-0.4, -0.2) is 74.1 Å². The van der Waals surface area contributed by atoms with Gasteiger partial charge < -0.3 is 28.7 Å². The fourth-order valence-corrected chi connectivity index (χ4v) is 4.12. The molecule has 3 aromatic rings. The van der Waals surface area contributed by atoms with Crippen molar-refractivity contribution in [2.24, 2.45) is 0 Å². The molecule has 4 rings (SSSR count). The number of methoxy groups -OCH3 is 2. The molecule has 2 aromatic carbocycles. The minimum Gasteiger partial charge on any atom is -0.497 e. The summed E-state index contributed by atoms with van der Waals surface area (Å²) in [6, 6.07) is 16.8. The molecule has 0 N–H and O–H groups in total. The summed E-state index contributed by atoms with van der Waals surface area (Å²) in [5.74, 6) is 3.49. The predicted octanol–water partition coefficient (Wildman–Crippen LogP) is 3.68. The van der Waals surface area contributed by atoms with E-state index in [1.165, 1.54) is 0 Å². The van der Waals surface area contributed by atoms with Gasteiger partial charge in [0, 0.05) is 37.8 Å². The van der Waals surface area contributed by atoms with Crippen LogP contribution in [0, 0.1) is 0 Å². The van der Waals surface area contributed by atoms with Gasteiger partial charge in [0.05, 0.1) is 26.5 Å². The third kappa shape index (κ3) is 5.79. The lowest BCUT2D eigenvalue weighted by molar-refractivity contribution is -0.138. The molecule has 1 saturated heterocycles. The Bertz CT molecular complexity index is 1160. The molecule has 0 spiro atoms. The first-order chi connectivity index (χ1) is 17.5. The summed E-state index contributed by atoms with van der Waals surface area (Å²) in [6.07, 6.45) is -0.592. The maximum Gasteiger partial charge on any atom is 0.263 e. The largest absolute Gasteiger partial charge is 0.497 e. The number of anilines is 1. The molecule has 0 radical (unpaired) electrons.